The van der Waals surface area contributed by atoms with Crippen LogP contribution >= 0.6 is 0 Å². The van der Waals surface area contributed by atoms with Crippen molar-refractivity contribution in [3.8, 4) is 6.07 Å². The van der Waals surface area contributed by atoms with Gasteiger partial charge >= 0.3 is 0 Å². The number of benzene rings is 1. The zero-order valence-electron chi connectivity index (χ0n) is 9.02. The predicted molar refractivity (Wildman–Crippen MR) is 56.4 cm³/mol. The highest BCUT2D eigenvalue weighted by Crippen LogP contribution is 2.19. The Bertz CT molecular complexity index is 552. The van der Waals surface area contributed by atoms with Gasteiger partial charge in [0.15, 0.2) is 0 Å². The minimum Gasteiger partial charge on any atom is -0.207 e. The molecule has 0 aliphatic heterocycles. The lowest BCUT2D eigenvalue weighted by atomic mass is 10.3. The van der Waals surface area contributed by atoms with Gasteiger partial charge in [-0.25, -0.2) is 17.2 Å². The van der Waals surface area contributed by atoms with Gasteiger partial charge in [-0.05, 0) is 18.2 Å². The van der Waals surface area contributed by atoms with Crippen LogP contribution < -0.4 is 0 Å². The molecule has 7 heteroatoms. The highest BCUT2D eigenvalue weighted by molar-refractivity contribution is 7.89. The lowest BCUT2D eigenvalue weighted by Crippen LogP contribution is -2.28. The maximum absolute atomic E-state index is 13.3. The fraction of sp³-hybridized carbons (Fsp3) is 0.300. The summed E-state index contributed by atoms with van der Waals surface area (Å²) in [6, 6.07) is 3.98. The summed E-state index contributed by atoms with van der Waals surface area (Å²) in [7, 11) is -2.89. The second-order valence-corrected chi connectivity index (χ2v) is 5.32. The average molecular weight is 260 g/mol. The largest absolute Gasteiger partial charge is 0.245 e. The first-order valence-corrected chi connectivity index (χ1v) is 6.12. The maximum Gasteiger partial charge on any atom is 0.245 e. The van der Waals surface area contributed by atoms with Crippen LogP contribution in [-0.4, -0.2) is 26.3 Å². The van der Waals surface area contributed by atoms with E-state index in [1.165, 1.54) is 7.05 Å². The molecule has 0 atom stereocenters. The van der Waals surface area contributed by atoms with Gasteiger partial charge in [-0.3, -0.25) is 0 Å². The summed E-state index contributed by atoms with van der Waals surface area (Å²) >= 11 is 0. The van der Waals surface area contributed by atoms with E-state index in [0.717, 1.165) is 16.4 Å². The molecule has 1 aromatic rings. The van der Waals surface area contributed by atoms with Crippen molar-refractivity contribution in [2.75, 3.05) is 13.6 Å². The molecular weight excluding hydrogens is 250 g/mol. The van der Waals surface area contributed by atoms with Gasteiger partial charge in [0, 0.05) is 20.0 Å². The van der Waals surface area contributed by atoms with Crippen molar-refractivity contribution >= 4 is 10.0 Å². The SMILES string of the molecule is CN(CCC#N)S(=O)(=O)c1cc(F)ccc1F. The van der Waals surface area contributed by atoms with Crippen LogP contribution in [0.15, 0.2) is 23.1 Å². The van der Waals surface area contributed by atoms with Crippen molar-refractivity contribution in [3.05, 3.63) is 29.8 Å². The van der Waals surface area contributed by atoms with E-state index in [1.807, 2.05) is 0 Å². The quantitative estimate of drug-likeness (QED) is 0.824. The Morgan fingerprint density at radius 2 is 2.06 bits per heavy atom. The summed E-state index contributed by atoms with van der Waals surface area (Å²) < 4.78 is 50.7. The molecule has 1 rings (SSSR count). The van der Waals surface area contributed by atoms with Crippen LogP contribution in [0.2, 0.25) is 0 Å². The maximum atomic E-state index is 13.3. The fourth-order valence-electron chi connectivity index (χ4n) is 1.17. The minimum absolute atomic E-state index is 0.0212. The van der Waals surface area contributed by atoms with Crippen LogP contribution in [0.1, 0.15) is 6.42 Å². The molecule has 0 aliphatic rings. The number of hydrogen-bond donors (Lipinski definition) is 0. The molecule has 4 nitrogen and oxygen atoms in total. The Morgan fingerprint density at radius 3 is 2.65 bits per heavy atom. The van der Waals surface area contributed by atoms with Crippen LogP contribution in [-0.2, 0) is 10.0 Å². The molecular formula is C10H10F2N2O2S. The Labute approximate surface area is 98.1 Å². The molecule has 0 aromatic heterocycles. The molecule has 0 unspecified atom stereocenters. The van der Waals surface area contributed by atoms with E-state index in [9.17, 15) is 17.2 Å². The topological polar surface area (TPSA) is 61.2 Å². The van der Waals surface area contributed by atoms with E-state index < -0.39 is 26.6 Å². The zero-order chi connectivity index (χ0) is 13.1. The molecule has 92 valence electrons. The van der Waals surface area contributed by atoms with E-state index in [0.29, 0.717) is 6.07 Å². The van der Waals surface area contributed by atoms with Crippen LogP contribution in [0.5, 0.6) is 0 Å². The molecule has 0 bridgehead atoms. The van der Waals surface area contributed by atoms with Gasteiger partial charge in [0.1, 0.15) is 16.5 Å². The molecule has 1 aromatic carbocycles. The number of halogens is 2. The van der Waals surface area contributed by atoms with Crippen molar-refractivity contribution in [2.45, 2.75) is 11.3 Å². The van der Waals surface area contributed by atoms with Gasteiger partial charge in [-0.2, -0.15) is 9.57 Å². The Kier molecular flexibility index (Phi) is 4.15. The third-order valence-corrected chi connectivity index (χ3v) is 3.99. The summed E-state index contributed by atoms with van der Waals surface area (Å²) in [6.07, 6.45) is -0.0212. The van der Waals surface area contributed by atoms with Crippen molar-refractivity contribution in [1.29, 1.82) is 5.26 Å². The fourth-order valence-corrected chi connectivity index (χ4v) is 2.41. The van der Waals surface area contributed by atoms with Crippen molar-refractivity contribution in [1.82, 2.24) is 4.31 Å². The Hall–Kier alpha value is -1.52. The molecule has 0 fully saturated rings. The van der Waals surface area contributed by atoms with E-state index >= 15 is 0 Å². The van der Waals surface area contributed by atoms with E-state index in [1.54, 1.807) is 6.07 Å². The van der Waals surface area contributed by atoms with Gasteiger partial charge in [-0.1, -0.05) is 0 Å². The van der Waals surface area contributed by atoms with Crippen molar-refractivity contribution in [2.24, 2.45) is 0 Å². The first kappa shape index (κ1) is 13.5. The summed E-state index contributed by atoms with van der Waals surface area (Å²) in [4.78, 5) is -0.724. The van der Waals surface area contributed by atoms with Gasteiger partial charge in [-0.15, -0.1) is 0 Å². The third-order valence-electron chi connectivity index (χ3n) is 2.12. The van der Waals surface area contributed by atoms with Crippen LogP contribution in [0.3, 0.4) is 0 Å². The highest BCUT2D eigenvalue weighted by atomic mass is 32.2. The standard InChI is InChI=1S/C10H10F2N2O2S/c1-14(6-2-5-13)17(15,16)10-7-8(11)3-4-9(10)12/h3-4,7H,2,6H2,1H3. The predicted octanol–water partition coefficient (Wildman–Crippen LogP) is 1.50. The average Bonchev–Trinajstić information content (AvgIpc) is 2.28. The molecule has 17 heavy (non-hydrogen) atoms. The number of hydrogen-bond acceptors (Lipinski definition) is 3. The van der Waals surface area contributed by atoms with Gasteiger partial charge < -0.3 is 0 Å². The number of nitrogens with zero attached hydrogens (tertiary/aromatic N) is 2. The lowest BCUT2D eigenvalue weighted by molar-refractivity contribution is 0.467. The van der Waals surface area contributed by atoms with E-state index in [-0.39, 0.29) is 13.0 Å². The molecule has 0 aliphatic carbocycles. The zero-order valence-corrected chi connectivity index (χ0v) is 9.84. The molecule has 0 saturated carbocycles. The summed E-state index contributed by atoms with van der Waals surface area (Å²) in [5.74, 6) is -1.85. The molecule has 0 amide bonds. The van der Waals surface area contributed by atoms with Crippen molar-refractivity contribution < 1.29 is 17.2 Å². The first-order chi connectivity index (χ1) is 7.89. The Morgan fingerprint density at radius 1 is 1.41 bits per heavy atom. The molecule has 0 N–H and O–H groups in total. The van der Waals surface area contributed by atoms with Crippen molar-refractivity contribution in [3.63, 3.8) is 0 Å². The van der Waals surface area contributed by atoms with Crippen LogP contribution in [0.4, 0.5) is 8.78 Å². The normalized spacial score (nSPS) is 11.5. The lowest BCUT2D eigenvalue weighted by Gasteiger charge is -2.15. The molecule has 0 radical (unpaired) electrons. The van der Waals surface area contributed by atoms with E-state index in [2.05, 4.69) is 0 Å². The summed E-state index contributed by atoms with van der Waals surface area (Å²) in [5, 5.41) is 8.34. The first-order valence-electron chi connectivity index (χ1n) is 4.68. The Balaban J connectivity index is 3.13. The van der Waals surface area contributed by atoms with Gasteiger partial charge in [0.25, 0.3) is 0 Å². The molecule has 0 saturated heterocycles. The minimum atomic E-state index is -4.10. The summed E-state index contributed by atoms with van der Waals surface area (Å²) in [5.41, 5.74) is 0. The molecule has 0 heterocycles. The van der Waals surface area contributed by atoms with Gasteiger partial charge in [0.05, 0.1) is 6.07 Å². The summed E-state index contributed by atoms with van der Waals surface area (Å²) in [6.45, 7) is -0.0746. The van der Waals surface area contributed by atoms with E-state index in [4.69, 9.17) is 5.26 Å². The second-order valence-electron chi connectivity index (χ2n) is 3.31. The second kappa shape index (κ2) is 5.21. The van der Waals surface area contributed by atoms with Gasteiger partial charge in [0.2, 0.25) is 10.0 Å². The number of sulfonamides is 1. The number of rotatable bonds is 4. The monoisotopic (exact) mass is 260 g/mol. The molecule has 0 spiro atoms. The third kappa shape index (κ3) is 2.99. The van der Waals surface area contributed by atoms with Crippen LogP contribution in [0.25, 0.3) is 0 Å². The smallest absolute Gasteiger partial charge is 0.207 e. The highest BCUT2D eigenvalue weighted by Gasteiger charge is 2.24. The van der Waals surface area contributed by atoms with Crippen LogP contribution in [0, 0.1) is 23.0 Å². The number of nitriles is 1.